The molecule has 0 atom stereocenters. The lowest BCUT2D eigenvalue weighted by Gasteiger charge is -2.33. The van der Waals surface area contributed by atoms with Gasteiger partial charge in [0.25, 0.3) is 0 Å². The van der Waals surface area contributed by atoms with Gasteiger partial charge in [0.05, 0.1) is 11.6 Å². The average molecular weight is 453 g/mol. The maximum Gasteiger partial charge on any atom is 0.131 e. The fourth-order valence-corrected chi connectivity index (χ4v) is 4.58. The Morgan fingerprint density at radius 1 is 0.971 bits per heavy atom. The van der Waals surface area contributed by atoms with E-state index in [0.29, 0.717) is 27.9 Å². The van der Waals surface area contributed by atoms with E-state index >= 15 is 0 Å². The van der Waals surface area contributed by atoms with Crippen molar-refractivity contribution >= 4 is 22.4 Å². The molecule has 1 saturated heterocycles. The van der Waals surface area contributed by atoms with Crippen molar-refractivity contribution in [3.05, 3.63) is 71.8 Å². The van der Waals surface area contributed by atoms with Crippen molar-refractivity contribution in [2.75, 3.05) is 43.9 Å². The molecule has 5 rings (SSSR count). The fraction of sp³-hybridized carbons (Fsp3) is 0.222. The van der Waals surface area contributed by atoms with Crippen LogP contribution in [0.5, 0.6) is 0 Å². The molecule has 1 aliphatic rings. The maximum atomic E-state index is 14.8. The summed E-state index contributed by atoms with van der Waals surface area (Å²) in [5, 5.41) is 11.3. The largest absolute Gasteiger partial charge is 0.383 e. The first-order valence-corrected chi connectivity index (χ1v) is 11.2. The Bertz CT molecular complexity index is 1400. The highest BCUT2D eigenvalue weighted by Gasteiger charge is 2.18. The Hall–Kier alpha value is -4.02. The Morgan fingerprint density at radius 2 is 1.76 bits per heavy atom. The fourth-order valence-electron chi connectivity index (χ4n) is 4.58. The first kappa shape index (κ1) is 21.8. The van der Waals surface area contributed by atoms with E-state index in [1.165, 1.54) is 6.07 Å². The Morgan fingerprint density at radius 3 is 2.44 bits per heavy atom. The van der Waals surface area contributed by atoms with Gasteiger partial charge in [0.2, 0.25) is 0 Å². The van der Waals surface area contributed by atoms with E-state index in [-0.39, 0.29) is 5.82 Å². The summed E-state index contributed by atoms with van der Waals surface area (Å²) < 4.78 is 14.8. The van der Waals surface area contributed by atoms with Crippen LogP contribution >= 0.6 is 0 Å². The van der Waals surface area contributed by atoms with Gasteiger partial charge in [0.1, 0.15) is 17.5 Å². The Labute approximate surface area is 198 Å². The Balaban J connectivity index is 1.64. The van der Waals surface area contributed by atoms with E-state index < -0.39 is 0 Å². The molecular weight excluding hydrogens is 427 g/mol. The average Bonchev–Trinajstić information content (AvgIpc) is 2.85. The molecule has 1 fully saturated rings. The molecule has 34 heavy (non-hydrogen) atoms. The second-order valence-electron chi connectivity index (χ2n) is 8.74. The van der Waals surface area contributed by atoms with E-state index in [0.717, 1.165) is 54.1 Å². The molecule has 2 N–H and O–H groups in total. The van der Waals surface area contributed by atoms with Crippen LogP contribution in [0.4, 0.5) is 16.0 Å². The summed E-state index contributed by atoms with van der Waals surface area (Å²) in [5.74, 6) is 0.908. The number of nitrogen functional groups attached to an aromatic ring is 1. The monoisotopic (exact) mass is 452 g/mol. The molecule has 0 saturated carbocycles. The summed E-state index contributed by atoms with van der Waals surface area (Å²) in [6, 6.07) is 14.7. The van der Waals surface area contributed by atoms with Gasteiger partial charge in [-0.25, -0.2) is 14.4 Å². The third kappa shape index (κ3) is 3.82. The third-order valence-electron chi connectivity index (χ3n) is 6.55. The molecule has 0 radical (unpaired) electrons. The summed E-state index contributed by atoms with van der Waals surface area (Å²) >= 11 is 0. The van der Waals surface area contributed by atoms with E-state index in [9.17, 15) is 9.65 Å². The van der Waals surface area contributed by atoms with Crippen LogP contribution in [0.1, 0.15) is 11.1 Å². The minimum atomic E-state index is -0.363. The number of piperazine rings is 1. The number of rotatable bonds is 3. The van der Waals surface area contributed by atoms with Gasteiger partial charge in [0.15, 0.2) is 0 Å². The molecule has 4 aromatic rings. The summed E-state index contributed by atoms with van der Waals surface area (Å²) in [5.41, 5.74) is 9.99. The number of nitrogens with zero attached hydrogens (tertiary/aromatic N) is 5. The number of hydrogen-bond donors (Lipinski definition) is 1. The van der Waals surface area contributed by atoms with Crippen molar-refractivity contribution in [2.45, 2.75) is 6.92 Å². The number of nitrogens with two attached hydrogens (primary N) is 1. The molecule has 0 unspecified atom stereocenters. The smallest absolute Gasteiger partial charge is 0.131 e. The number of halogens is 1. The van der Waals surface area contributed by atoms with Crippen LogP contribution in [0.15, 0.2) is 54.9 Å². The zero-order valence-electron chi connectivity index (χ0n) is 19.2. The number of likely N-dealkylation sites (N-methyl/N-ethyl adjacent to an activating group) is 1. The van der Waals surface area contributed by atoms with Crippen LogP contribution in [0.3, 0.4) is 0 Å². The van der Waals surface area contributed by atoms with E-state index in [4.69, 9.17) is 10.7 Å². The Kier molecular flexibility index (Phi) is 5.60. The van der Waals surface area contributed by atoms with Gasteiger partial charge in [0, 0.05) is 66.2 Å². The lowest BCUT2D eigenvalue weighted by atomic mass is 9.91. The zero-order valence-corrected chi connectivity index (χ0v) is 19.2. The van der Waals surface area contributed by atoms with Crippen molar-refractivity contribution in [2.24, 2.45) is 0 Å². The maximum absolute atomic E-state index is 14.8. The van der Waals surface area contributed by atoms with Crippen LogP contribution in [0.25, 0.3) is 33.0 Å². The lowest BCUT2D eigenvalue weighted by Crippen LogP contribution is -2.44. The molecule has 0 spiro atoms. The van der Waals surface area contributed by atoms with E-state index in [2.05, 4.69) is 27.9 Å². The van der Waals surface area contributed by atoms with Gasteiger partial charge in [-0.2, -0.15) is 5.26 Å². The van der Waals surface area contributed by atoms with Gasteiger partial charge in [-0.1, -0.05) is 12.1 Å². The highest BCUT2D eigenvalue weighted by Crippen LogP contribution is 2.38. The number of benzene rings is 2. The molecule has 1 aliphatic heterocycles. The first-order chi connectivity index (χ1) is 16.5. The third-order valence-corrected chi connectivity index (χ3v) is 6.55. The van der Waals surface area contributed by atoms with Gasteiger partial charge >= 0.3 is 0 Å². The number of nitriles is 1. The number of aromatic nitrogens is 2. The molecule has 7 heteroatoms. The van der Waals surface area contributed by atoms with Gasteiger partial charge in [-0.15, -0.1) is 0 Å². The van der Waals surface area contributed by atoms with Crippen LogP contribution in [0, 0.1) is 24.1 Å². The van der Waals surface area contributed by atoms with Crippen molar-refractivity contribution in [3.8, 4) is 28.3 Å². The zero-order chi connectivity index (χ0) is 23.8. The lowest BCUT2D eigenvalue weighted by molar-refractivity contribution is 0.312. The van der Waals surface area contributed by atoms with E-state index in [1.54, 1.807) is 18.3 Å². The molecule has 6 nitrogen and oxygen atoms in total. The van der Waals surface area contributed by atoms with E-state index in [1.807, 2.05) is 37.4 Å². The second-order valence-corrected chi connectivity index (χ2v) is 8.74. The predicted octanol–water partition coefficient (Wildman–Crippen LogP) is 4.62. The second kappa shape index (κ2) is 8.73. The molecule has 0 amide bonds. The highest BCUT2D eigenvalue weighted by atomic mass is 19.1. The summed E-state index contributed by atoms with van der Waals surface area (Å²) in [7, 11) is 2.13. The molecule has 2 aromatic heterocycles. The standard InChI is InChI=1S/C27H25FN6/c1-17-4-3-5-24(28)26(17)20-13-21-22(12-19(20)14-29)27(30)32-16-23(21)18-6-7-25(31-15-18)34-10-8-33(2)9-11-34/h3-7,12-13,15-16H,8-11H2,1-2H3,(H2,30,32). The SMILES string of the molecule is Cc1cccc(F)c1-c1cc2c(-c3ccc(N4CCN(C)CC4)nc3)cnc(N)c2cc1C#N. The predicted molar refractivity (Wildman–Crippen MR) is 134 cm³/mol. The molecule has 3 heterocycles. The van der Waals surface area contributed by atoms with Gasteiger partial charge in [-0.3, -0.25) is 0 Å². The van der Waals surface area contributed by atoms with Crippen molar-refractivity contribution in [1.29, 1.82) is 5.26 Å². The summed E-state index contributed by atoms with van der Waals surface area (Å²) in [6.07, 6.45) is 3.56. The summed E-state index contributed by atoms with van der Waals surface area (Å²) in [6.45, 7) is 5.74. The van der Waals surface area contributed by atoms with Crippen LogP contribution < -0.4 is 10.6 Å². The molecule has 170 valence electrons. The number of anilines is 2. The topological polar surface area (TPSA) is 82.1 Å². The van der Waals surface area contributed by atoms with Gasteiger partial charge in [-0.05, 0) is 55.3 Å². The molecular formula is C27H25FN6. The van der Waals surface area contributed by atoms with Crippen molar-refractivity contribution < 1.29 is 4.39 Å². The van der Waals surface area contributed by atoms with Gasteiger partial charge < -0.3 is 15.5 Å². The minimum absolute atomic E-state index is 0.328. The molecule has 0 bridgehead atoms. The van der Waals surface area contributed by atoms with Crippen LogP contribution in [-0.2, 0) is 0 Å². The summed E-state index contributed by atoms with van der Waals surface area (Å²) in [4.78, 5) is 13.7. The van der Waals surface area contributed by atoms with Crippen molar-refractivity contribution in [3.63, 3.8) is 0 Å². The first-order valence-electron chi connectivity index (χ1n) is 11.2. The normalized spacial score (nSPS) is 14.4. The minimum Gasteiger partial charge on any atom is -0.383 e. The number of pyridine rings is 2. The number of aryl methyl sites for hydroxylation is 1. The van der Waals surface area contributed by atoms with Crippen LogP contribution in [-0.4, -0.2) is 48.1 Å². The van der Waals surface area contributed by atoms with Crippen LogP contribution in [0.2, 0.25) is 0 Å². The van der Waals surface area contributed by atoms with Crippen molar-refractivity contribution in [1.82, 2.24) is 14.9 Å². The molecule has 0 aliphatic carbocycles. The quantitative estimate of drug-likeness (QED) is 0.489. The number of fused-ring (bicyclic) bond motifs is 1. The number of hydrogen-bond acceptors (Lipinski definition) is 6. The highest BCUT2D eigenvalue weighted by molar-refractivity contribution is 6.04. The molecule has 2 aromatic carbocycles.